The number of hydrogen-bond acceptors (Lipinski definition) is 3. The van der Waals surface area contributed by atoms with Crippen molar-refractivity contribution in [3.8, 4) is 11.1 Å². The van der Waals surface area contributed by atoms with Crippen LogP contribution in [0.25, 0.3) is 11.1 Å². The van der Waals surface area contributed by atoms with Gasteiger partial charge in [0.1, 0.15) is 5.69 Å². The molecule has 0 amide bonds. The quantitative estimate of drug-likeness (QED) is 0.734. The van der Waals surface area contributed by atoms with E-state index in [2.05, 4.69) is 5.16 Å². The van der Waals surface area contributed by atoms with E-state index < -0.39 is 5.60 Å². The first-order valence-corrected chi connectivity index (χ1v) is 7.22. The number of alkyl halides is 1. The van der Waals surface area contributed by atoms with Crippen LogP contribution in [0.4, 0.5) is 0 Å². The van der Waals surface area contributed by atoms with Crippen molar-refractivity contribution in [1.29, 1.82) is 0 Å². The summed E-state index contributed by atoms with van der Waals surface area (Å²) in [5.74, 6) is 0.772. The minimum absolute atomic E-state index is 0.229. The normalized spacial score (nSPS) is 14.8. The molecular formula is C17H12ClNO2. The predicted molar refractivity (Wildman–Crippen MR) is 80.0 cm³/mol. The number of nitrogens with zero attached hydrogens (tertiary/aromatic N) is 1. The summed E-state index contributed by atoms with van der Waals surface area (Å²) in [5, 5.41) is 15.4. The first-order chi connectivity index (χ1) is 10.2. The van der Waals surface area contributed by atoms with E-state index in [-0.39, 0.29) is 5.88 Å². The Morgan fingerprint density at radius 2 is 1.57 bits per heavy atom. The summed E-state index contributed by atoms with van der Waals surface area (Å²) in [6.07, 6.45) is 0. The molecule has 1 heterocycles. The van der Waals surface area contributed by atoms with Crippen LogP contribution in [0.5, 0.6) is 0 Å². The molecule has 1 aromatic heterocycles. The molecule has 1 N–H and O–H groups in total. The zero-order chi connectivity index (χ0) is 14.4. The molecule has 0 radical (unpaired) electrons. The molecule has 0 unspecified atom stereocenters. The van der Waals surface area contributed by atoms with Gasteiger partial charge in [0.2, 0.25) is 0 Å². The van der Waals surface area contributed by atoms with Gasteiger partial charge >= 0.3 is 0 Å². The van der Waals surface area contributed by atoms with Crippen LogP contribution in [0.1, 0.15) is 22.6 Å². The van der Waals surface area contributed by atoms with E-state index in [1.165, 1.54) is 0 Å². The zero-order valence-corrected chi connectivity index (χ0v) is 11.8. The van der Waals surface area contributed by atoms with Crippen LogP contribution in [-0.2, 0) is 11.5 Å². The number of rotatable bonds is 2. The maximum Gasteiger partial charge on any atom is 0.161 e. The standard InChI is InChI=1S/C17H12ClNO2/c18-10-11-9-16(19-21-11)17(20)14-7-3-1-5-12(14)13-6-2-4-8-15(13)17/h1-9,20H,10H2. The van der Waals surface area contributed by atoms with Gasteiger partial charge in [0, 0.05) is 17.2 Å². The van der Waals surface area contributed by atoms with Crippen LogP contribution in [0, 0.1) is 0 Å². The van der Waals surface area contributed by atoms with E-state index in [0.29, 0.717) is 11.5 Å². The third kappa shape index (κ3) is 1.62. The summed E-state index contributed by atoms with van der Waals surface area (Å²) in [5.41, 5.74) is 2.86. The van der Waals surface area contributed by atoms with Gasteiger partial charge in [0.05, 0.1) is 5.88 Å². The molecule has 0 spiro atoms. The molecule has 0 saturated heterocycles. The van der Waals surface area contributed by atoms with Crippen molar-refractivity contribution in [1.82, 2.24) is 5.16 Å². The van der Waals surface area contributed by atoms with Gasteiger partial charge in [-0.2, -0.15) is 0 Å². The van der Waals surface area contributed by atoms with Crippen molar-refractivity contribution in [3.63, 3.8) is 0 Å². The fourth-order valence-corrected chi connectivity index (χ4v) is 3.16. The lowest BCUT2D eigenvalue weighted by Crippen LogP contribution is -2.26. The Morgan fingerprint density at radius 3 is 2.10 bits per heavy atom. The third-order valence-electron chi connectivity index (χ3n) is 3.99. The van der Waals surface area contributed by atoms with Gasteiger partial charge in [-0.3, -0.25) is 0 Å². The second kappa shape index (κ2) is 4.45. The largest absolute Gasteiger partial charge is 0.374 e. The van der Waals surface area contributed by atoms with Gasteiger partial charge in [-0.05, 0) is 11.1 Å². The summed E-state index contributed by atoms with van der Waals surface area (Å²) in [6, 6.07) is 17.3. The molecule has 4 heteroatoms. The van der Waals surface area contributed by atoms with E-state index in [1.807, 2.05) is 48.5 Å². The van der Waals surface area contributed by atoms with Crippen molar-refractivity contribution in [2.45, 2.75) is 11.5 Å². The van der Waals surface area contributed by atoms with Crippen LogP contribution in [0.15, 0.2) is 59.1 Å². The van der Waals surface area contributed by atoms with Gasteiger partial charge in [-0.25, -0.2) is 0 Å². The fourth-order valence-electron chi connectivity index (χ4n) is 3.03. The van der Waals surface area contributed by atoms with Crippen LogP contribution in [0.3, 0.4) is 0 Å². The highest BCUT2D eigenvalue weighted by molar-refractivity contribution is 6.16. The van der Waals surface area contributed by atoms with E-state index in [1.54, 1.807) is 6.07 Å². The lowest BCUT2D eigenvalue weighted by molar-refractivity contribution is 0.121. The van der Waals surface area contributed by atoms with Gasteiger partial charge < -0.3 is 9.63 Å². The highest BCUT2D eigenvalue weighted by Gasteiger charge is 2.45. The SMILES string of the molecule is OC1(c2cc(CCl)on2)c2ccccc2-c2ccccc21. The lowest BCUT2D eigenvalue weighted by atomic mass is 9.88. The Kier molecular flexibility index (Phi) is 2.67. The predicted octanol–water partition coefficient (Wildman–Crippen LogP) is 3.68. The highest BCUT2D eigenvalue weighted by atomic mass is 35.5. The summed E-state index contributed by atoms with van der Waals surface area (Å²) >= 11 is 5.78. The fraction of sp³-hybridized carbons (Fsp3) is 0.118. The van der Waals surface area contributed by atoms with Crippen molar-refractivity contribution in [3.05, 3.63) is 77.2 Å². The molecule has 2 aromatic carbocycles. The van der Waals surface area contributed by atoms with Gasteiger partial charge in [-0.1, -0.05) is 53.7 Å². The maximum absolute atomic E-state index is 11.4. The Labute approximate surface area is 126 Å². The maximum atomic E-state index is 11.4. The number of halogens is 1. The topological polar surface area (TPSA) is 46.3 Å². The van der Waals surface area contributed by atoms with Crippen LogP contribution >= 0.6 is 11.6 Å². The molecular weight excluding hydrogens is 286 g/mol. The van der Waals surface area contributed by atoms with Gasteiger partial charge in [-0.15, -0.1) is 11.6 Å². The monoisotopic (exact) mass is 297 g/mol. The van der Waals surface area contributed by atoms with E-state index in [0.717, 1.165) is 22.3 Å². The van der Waals surface area contributed by atoms with Crippen molar-refractivity contribution in [2.24, 2.45) is 0 Å². The van der Waals surface area contributed by atoms with Crippen molar-refractivity contribution >= 4 is 11.6 Å². The van der Waals surface area contributed by atoms with Crippen molar-refractivity contribution < 1.29 is 9.63 Å². The molecule has 3 nitrogen and oxygen atoms in total. The number of fused-ring (bicyclic) bond motifs is 3. The third-order valence-corrected chi connectivity index (χ3v) is 4.25. The van der Waals surface area contributed by atoms with E-state index >= 15 is 0 Å². The second-order valence-corrected chi connectivity index (χ2v) is 5.38. The number of hydrogen-bond donors (Lipinski definition) is 1. The first kappa shape index (κ1) is 12.6. The molecule has 1 aliphatic carbocycles. The van der Waals surface area contributed by atoms with E-state index in [4.69, 9.17) is 16.1 Å². The molecule has 21 heavy (non-hydrogen) atoms. The molecule has 3 aromatic rings. The Morgan fingerprint density at radius 1 is 1.00 bits per heavy atom. The van der Waals surface area contributed by atoms with Crippen LogP contribution in [0.2, 0.25) is 0 Å². The summed E-state index contributed by atoms with van der Waals surface area (Å²) in [6.45, 7) is 0. The Bertz CT molecular complexity index is 779. The molecule has 4 rings (SSSR count). The molecule has 0 bridgehead atoms. The number of aliphatic hydroxyl groups is 1. The summed E-state index contributed by atoms with van der Waals surface area (Å²) < 4.78 is 5.18. The molecule has 0 saturated carbocycles. The zero-order valence-electron chi connectivity index (χ0n) is 11.1. The Balaban J connectivity index is 2.03. The molecule has 104 valence electrons. The smallest absolute Gasteiger partial charge is 0.161 e. The minimum atomic E-state index is -1.29. The minimum Gasteiger partial charge on any atom is -0.374 e. The highest BCUT2D eigenvalue weighted by Crippen LogP contribution is 2.50. The average molecular weight is 298 g/mol. The average Bonchev–Trinajstić information content (AvgIpc) is 3.12. The number of aromatic nitrogens is 1. The first-order valence-electron chi connectivity index (χ1n) is 6.69. The molecule has 0 aliphatic heterocycles. The summed E-state index contributed by atoms with van der Waals surface area (Å²) in [4.78, 5) is 0. The number of benzene rings is 2. The van der Waals surface area contributed by atoms with Gasteiger partial charge in [0.15, 0.2) is 11.4 Å². The molecule has 1 aliphatic rings. The van der Waals surface area contributed by atoms with Crippen LogP contribution < -0.4 is 0 Å². The summed E-state index contributed by atoms with van der Waals surface area (Å²) in [7, 11) is 0. The van der Waals surface area contributed by atoms with Crippen LogP contribution in [-0.4, -0.2) is 10.3 Å². The lowest BCUT2D eigenvalue weighted by Gasteiger charge is -2.22. The second-order valence-electron chi connectivity index (χ2n) is 5.11. The molecule has 0 atom stereocenters. The molecule has 0 fully saturated rings. The van der Waals surface area contributed by atoms with E-state index in [9.17, 15) is 5.11 Å². The van der Waals surface area contributed by atoms with Crippen molar-refractivity contribution in [2.75, 3.05) is 0 Å². The Hall–Kier alpha value is -2.10. The van der Waals surface area contributed by atoms with Gasteiger partial charge in [0.25, 0.3) is 0 Å².